The second-order valence-electron chi connectivity index (χ2n) is 11.0. The fraction of sp³-hybridized carbons (Fsp3) is 0.500. The first-order valence-corrected chi connectivity index (χ1v) is 15.8. The molecule has 4 rings (SSSR count). The fourth-order valence-electron chi connectivity index (χ4n) is 4.95. The number of ether oxygens (including phenoxy) is 1. The highest BCUT2D eigenvalue weighted by Crippen LogP contribution is 2.37. The van der Waals surface area contributed by atoms with Gasteiger partial charge >= 0.3 is 0 Å². The summed E-state index contributed by atoms with van der Waals surface area (Å²) in [5.41, 5.74) is 5.24. The molecule has 1 aliphatic heterocycles. The largest absolute Gasteiger partial charge is 0.497 e. The number of nitrogens with zero attached hydrogens (tertiary/aromatic N) is 3. The van der Waals surface area contributed by atoms with Gasteiger partial charge in [0.05, 0.1) is 17.7 Å². The van der Waals surface area contributed by atoms with E-state index in [1.807, 2.05) is 18.2 Å². The summed E-state index contributed by atoms with van der Waals surface area (Å²) in [6.45, 7) is 14.8. The van der Waals surface area contributed by atoms with Crippen molar-refractivity contribution >= 4 is 26.5 Å². The molecule has 1 fully saturated rings. The molecular weight excluding hydrogens is 514 g/mol. The summed E-state index contributed by atoms with van der Waals surface area (Å²) in [4.78, 5) is 7.60. The van der Waals surface area contributed by atoms with Crippen LogP contribution in [0.5, 0.6) is 5.75 Å². The lowest BCUT2D eigenvalue weighted by molar-refractivity contribution is 0.383. The molecule has 0 bridgehead atoms. The Balaban J connectivity index is 1.52. The van der Waals surface area contributed by atoms with Crippen LogP contribution in [0.2, 0.25) is 0 Å². The number of hydrogen-bond donors (Lipinski definition) is 0. The lowest BCUT2D eigenvalue weighted by atomic mass is 9.89. The normalized spacial score (nSPS) is 15.2. The van der Waals surface area contributed by atoms with Crippen molar-refractivity contribution in [1.82, 2.24) is 9.29 Å². The molecule has 0 unspecified atom stereocenters. The van der Waals surface area contributed by atoms with Gasteiger partial charge in [0.1, 0.15) is 5.75 Å². The van der Waals surface area contributed by atoms with Crippen LogP contribution in [0.3, 0.4) is 0 Å². The Morgan fingerprint density at radius 1 is 0.921 bits per heavy atom. The van der Waals surface area contributed by atoms with E-state index < -0.39 is 10.0 Å². The molecule has 0 aliphatic carbocycles. The third kappa shape index (κ3) is 6.08. The molecule has 0 saturated carbocycles. The van der Waals surface area contributed by atoms with Crippen LogP contribution in [-0.2, 0) is 16.4 Å². The quantitative estimate of drug-likeness (QED) is 0.297. The number of hydrogen-bond acceptors (Lipinski definition) is 6. The number of sulfonamides is 1. The van der Waals surface area contributed by atoms with Crippen LogP contribution in [-0.4, -0.2) is 51.0 Å². The number of piperazine rings is 1. The smallest absolute Gasteiger partial charge is 0.243 e. The van der Waals surface area contributed by atoms with Crippen molar-refractivity contribution in [3.05, 3.63) is 69.7 Å². The summed E-state index contributed by atoms with van der Waals surface area (Å²) in [6.07, 6.45) is 0.740. The molecule has 2 heterocycles. The molecule has 0 spiro atoms. The zero-order valence-corrected chi connectivity index (χ0v) is 25.3. The van der Waals surface area contributed by atoms with Crippen molar-refractivity contribution in [2.45, 2.75) is 70.6 Å². The standard InChI is InChI=1S/C30H41N3O3S2/c1-20(2)24-17-27(21(3)4)29(28(18-24)22(5)6)38(34,35)33-13-11-32(12-14-33)30-31-25(19-37-30)15-23-9-8-10-26(16-23)36-7/h8-10,16-22H,11-15H2,1-7H3. The highest BCUT2D eigenvalue weighted by atomic mass is 32.2. The number of rotatable bonds is 9. The van der Waals surface area contributed by atoms with E-state index in [0.717, 1.165) is 39.7 Å². The minimum atomic E-state index is -3.63. The molecular formula is C30H41N3O3S2. The average molecular weight is 556 g/mol. The van der Waals surface area contributed by atoms with Crippen LogP contribution >= 0.6 is 11.3 Å². The molecule has 1 saturated heterocycles. The SMILES string of the molecule is COc1cccc(Cc2csc(N3CCN(S(=O)(=O)c4c(C(C)C)cc(C(C)C)cc4C(C)C)CC3)n2)c1. The molecule has 3 aromatic rings. The Kier molecular flexibility index (Phi) is 8.85. The van der Waals surface area contributed by atoms with Gasteiger partial charge in [0.15, 0.2) is 5.13 Å². The van der Waals surface area contributed by atoms with E-state index in [-0.39, 0.29) is 11.8 Å². The molecule has 0 radical (unpaired) electrons. The molecule has 206 valence electrons. The third-order valence-corrected chi connectivity index (χ3v) is 10.2. The molecule has 0 atom stereocenters. The summed E-state index contributed by atoms with van der Waals surface area (Å²) in [7, 11) is -1.95. The van der Waals surface area contributed by atoms with Crippen molar-refractivity contribution in [2.24, 2.45) is 0 Å². The first kappa shape index (κ1) is 28.6. The minimum Gasteiger partial charge on any atom is -0.497 e. The summed E-state index contributed by atoms with van der Waals surface area (Å²) >= 11 is 1.62. The van der Waals surface area contributed by atoms with Gasteiger partial charge in [-0.3, -0.25) is 0 Å². The Labute approximate surface area is 232 Å². The fourth-order valence-corrected chi connectivity index (χ4v) is 7.92. The average Bonchev–Trinajstić information content (AvgIpc) is 3.36. The molecule has 8 heteroatoms. The topological polar surface area (TPSA) is 62.7 Å². The summed E-state index contributed by atoms with van der Waals surface area (Å²) < 4.78 is 35.2. The van der Waals surface area contributed by atoms with Crippen LogP contribution in [0.15, 0.2) is 46.7 Å². The Bertz CT molecular complexity index is 1330. The van der Waals surface area contributed by atoms with Gasteiger partial charge in [0, 0.05) is 38.0 Å². The second kappa shape index (κ2) is 11.8. The van der Waals surface area contributed by atoms with Crippen molar-refractivity contribution < 1.29 is 13.2 Å². The minimum absolute atomic E-state index is 0.121. The predicted molar refractivity (Wildman–Crippen MR) is 158 cm³/mol. The molecule has 1 aromatic heterocycles. The van der Waals surface area contributed by atoms with Gasteiger partial charge in [0.2, 0.25) is 10.0 Å². The maximum Gasteiger partial charge on any atom is 0.243 e. The third-order valence-electron chi connectivity index (χ3n) is 7.25. The van der Waals surface area contributed by atoms with Gasteiger partial charge in [-0.1, -0.05) is 65.8 Å². The molecule has 38 heavy (non-hydrogen) atoms. The zero-order chi connectivity index (χ0) is 27.6. The van der Waals surface area contributed by atoms with Gasteiger partial charge in [-0.25, -0.2) is 13.4 Å². The van der Waals surface area contributed by atoms with Gasteiger partial charge < -0.3 is 9.64 Å². The van der Waals surface area contributed by atoms with Crippen molar-refractivity contribution in [2.75, 3.05) is 38.2 Å². The van der Waals surface area contributed by atoms with E-state index in [1.165, 1.54) is 5.56 Å². The zero-order valence-electron chi connectivity index (χ0n) is 23.7. The number of methoxy groups -OCH3 is 1. The maximum atomic E-state index is 14.1. The Morgan fingerprint density at radius 3 is 2.11 bits per heavy atom. The molecule has 2 aromatic carbocycles. The monoisotopic (exact) mass is 555 g/mol. The van der Waals surface area contributed by atoms with E-state index in [2.05, 4.69) is 70.0 Å². The number of anilines is 1. The van der Waals surface area contributed by atoms with Crippen LogP contribution in [0.4, 0.5) is 5.13 Å². The van der Waals surface area contributed by atoms with Crippen LogP contribution < -0.4 is 9.64 Å². The number of aromatic nitrogens is 1. The van der Waals surface area contributed by atoms with Crippen molar-refractivity contribution in [1.29, 1.82) is 0 Å². The van der Waals surface area contributed by atoms with E-state index in [0.29, 0.717) is 37.0 Å². The summed E-state index contributed by atoms with van der Waals surface area (Å²) in [6, 6.07) is 12.3. The Hall–Kier alpha value is -2.42. The van der Waals surface area contributed by atoms with Gasteiger partial charge in [-0.15, -0.1) is 11.3 Å². The van der Waals surface area contributed by atoms with Crippen molar-refractivity contribution in [3.63, 3.8) is 0 Å². The Morgan fingerprint density at radius 2 is 1.55 bits per heavy atom. The van der Waals surface area contributed by atoms with E-state index >= 15 is 0 Å². The van der Waals surface area contributed by atoms with E-state index in [1.54, 1.807) is 22.8 Å². The molecule has 6 nitrogen and oxygen atoms in total. The highest BCUT2D eigenvalue weighted by Gasteiger charge is 2.34. The summed E-state index contributed by atoms with van der Waals surface area (Å²) in [5, 5.41) is 3.05. The maximum absolute atomic E-state index is 14.1. The van der Waals surface area contributed by atoms with Gasteiger partial charge in [0.25, 0.3) is 0 Å². The molecule has 0 N–H and O–H groups in total. The lowest BCUT2D eigenvalue weighted by Gasteiger charge is -2.35. The number of benzene rings is 2. The van der Waals surface area contributed by atoms with Crippen LogP contribution in [0, 0.1) is 0 Å². The lowest BCUT2D eigenvalue weighted by Crippen LogP contribution is -2.49. The predicted octanol–water partition coefficient (Wildman–Crippen LogP) is 6.62. The first-order valence-electron chi connectivity index (χ1n) is 13.5. The van der Waals surface area contributed by atoms with Crippen LogP contribution in [0.1, 0.15) is 87.2 Å². The molecule has 0 amide bonds. The van der Waals surface area contributed by atoms with E-state index in [4.69, 9.17) is 9.72 Å². The van der Waals surface area contributed by atoms with E-state index in [9.17, 15) is 8.42 Å². The highest BCUT2D eigenvalue weighted by molar-refractivity contribution is 7.89. The number of thiazole rings is 1. The van der Waals surface area contributed by atoms with Gasteiger partial charge in [-0.2, -0.15) is 4.31 Å². The first-order chi connectivity index (χ1) is 18.0. The van der Waals surface area contributed by atoms with Crippen molar-refractivity contribution in [3.8, 4) is 5.75 Å². The van der Waals surface area contributed by atoms with Gasteiger partial charge in [-0.05, 0) is 52.1 Å². The second-order valence-corrected chi connectivity index (χ2v) is 13.7. The van der Waals surface area contributed by atoms with Crippen LogP contribution in [0.25, 0.3) is 0 Å². The molecule has 1 aliphatic rings. The summed E-state index contributed by atoms with van der Waals surface area (Å²) in [5.74, 6) is 1.43.